The van der Waals surface area contributed by atoms with Crippen molar-refractivity contribution >= 4 is 40.9 Å². The molecule has 8 heteroatoms. The number of nitrogens with zero attached hydrogens (tertiary/aromatic N) is 1. The molecule has 0 aromatic heterocycles. The number of imide groups is 1. The minimum Gasteiger partial charge on any atom is -0.448 e. The highest BCUT2D eigenvalue weighted by Gasteiger charge is 2.14. The first-order valence-electron chi connectivity index (χ1n) is 5.64. The Morgan fingerprint density at radius 1 is 1.53 bits per heavy atom. The lowest BCUT2D eigenvalue weighted by Gasteiger charge is -2.06. The van der Waals surface area contributed by atoms with Gasteiger partial charge in [-0.2, -0.15) is 3.11 Å². The number of urea groups is 1. The highest BCUT2D eigenvalue weighted by molar-refractivity contribution is 14.1. The van der Waals surface area contributed by atoms with Crippen molar-refractivity contribution in [2.75, 3.05) is 13.2 Å². The molecule has 2 N–H and O–H groups in total. The van der Waals surface area contributed by atoms with E-state index in [-0.39, 0.29) is 12.5 Å². The third kappa shape index (κ3) is 9.12. The second-order valence-corrected chi connectivity index (χ2v) is 4.31. The molecule has 0 bridgehead atoms. The van der Waals surface area contributed by atoms with E-state index in [0.29, 0.717) is 6.61 Å². The Labute approximate surface area is 125 Å². The van der Waals surface area contributed by atoms with Crippen LogP contribution < -0.4 is 10.6 Å². The molecule has 0 unspecified atom stereocenters. The number of hydrogen-bond acceptors (Lipinski definition) is 4. The zero-order valence-electron chi connectivity index (χ0n) is 10.8. The Hall–Kier alpha value is -1.50. The van der Waals surface area contributed by atoms with E-state index in [1.807, 2.05) is 12.2 Å². The van der Waals surface area contributed by atoms with Gasteiger partial charge in [-0.05, 0) is 13.3 Å². The van der Waals surface area contributed by atoms with Crippen molar-refractivity contribution < 1.29 is 19.1 Å². The van der Waals surface area contributed by atoms with Crippen molar-refractivity contribution in [2.24, 2.45) is 0 Å². The van der Waals surface area contributed by atoms with E-state index in [4.69, 9.17) is 4.74 Å². The fourth-order valence-corrected chi connectivity index (χ4v) is 1.26. The molecule has 0 aromatic rings. The summed E-state index contributed by atoms with van der Waals surface area (Å²) >= 11 is 1.80. The van der Waals surface area contributed by atoms with Crippen molar-refractivity contribution in [3.05, 3.63) is 0 Å². The summed E-state index contributed by atoms with van der Waals surface area (Å²) in [4.78, 5) is 31.1. The van der Waals surface area contributed by atoms with Gasteiger partial charge in [-0.25, -0.2) is 9.59 Å². The van der Waals surface area contributed by atoms with Crippen LogP contribution in [0.25, 0.3) is 0 Å². The van der Waals surface area contributed by atoms with Crippen molar-refractivity contribution in [1.82, 2.24) is 13.7 Å². The maximum atomic E-state index is 11.0. The number of amides is 4. The molecule has 1 aliphatic rings. The zero-order chi connectivity index (χ0) is 14.7. The lowest BCUT2D eigenvalue weighted by molar-refractivity contribution is -0.117. The monoisotopic (exact) mass is 381 g/mol. The molecule has 1 rings (SSSR count). The van der Waals surface area contributed by atoms with Crippen LogP contribution in [0.3, 0.4) is 0 Å². The third-order valence-corrected chi connectivity index (χ3v) is 2.39. The van der Waals surface area contributed by atoms with E-state index in [2.05, 4.69) is 17.3 Å². The molecule has 1 fully saturated rings. The van der Waals surface area contributed by atoms with Crippen LogP contribution in [0.5, 0.6) is 0 Å². The molecule has 0 atom stereocenters. The van der Waals surface area contributed by atoms with Crippen LogP contribution in [-0.2, 0) is 9.53 Å². The summed E-state index contributed by atoms with van der Waals surface area (Å²) in [6.45, 7) is 4.31. The summed E-state index contributed by atoms with van der Waals surface area (Å²) in [6, 6.07) is 2.17. The minimum absolute atomic E-state index is 0.124. The second-order valence-electron chi connectivity index (χ2n) is 3.34. The van der Waals surface area contributed by atoms with Crippen LogP contribution in [-0.4, -0.2) is 34.3 Å². The number of ether oxygens (including phenoxy) is 1. The molecule has 0 aromatic carbocycles. The number of nitrogens with one attached hydrogen (secondary N) is 2. The fraction of sp³-hybridized carbons (Fsp3) is 0.545. The summed E-state index contributed by atoms with van der Waals surface area (Å²) in [5, 5.41) is 4.30. The molecule has 4 amide bonds. The Kier molecular flexibility index (Phi) is 9.60. The lowest BCUT2D eigenvalue weighted by atomic mass is 10.4. The minimum atomic E-state index is -0.398. The van der Waals surface area contributed by atoms with Gasteiger partial charge in [0.25, 0.3) is 0 Å². The molecule has 106 valence electrons. The first-order chi connectivity index (χ1) is 9.01. The lowest BCUT2D eigenvalue weighted by Crippen LogP contribution is -2.22. The molecular weight excluding hydrogens is 365 g/mol. The van der Waals surface area contributed by atoms with Crippen molar-refractivity contribution in [1.29, 1.82) is 0 Å². The van der Waals surface area contributed by atoms with Crippen LogP contribution in [0.4, 0.5) is 9.59 Å². The Balaban J connectivity index is 0.000000388. The summed E-state index contributed by atoms with van der Waals surface area (Å²) in [5.41, 5.74) is 0. The second kappa shape index (κ2) is 10.4. The van der Waals surface area contributed by atoms with Crippen molar-refractivity contribution in [3.63, 3.8) is 0 Å². The molecule has 1 heterocycles. The van der Waals surface area contributed by atoms with Gasteiger partial charge in [0.15, 0.2) is 0 Å². The van der Waals surface area contributed by atoms with Gasteiger partial charge in [0, 0.05) is 6.04 Å². The summed E-state index contributed by atoms with van der Waals surface area (Å²) in [6.07, 6.45) is 1.53. The molecular formula is C11H16IN3O4. The average Bonchev–Trinajstić information content (AvgIpc) is 2.74. The normalized spacial score (nSPS) is 12.2. The van der Waals surface area contributed by atoms with Gasteiger partial charge in [-0.15, -0.1) is 0 Å². The maximum absolute atomic E-state index is 11.0. The molecule has 1 aliphatic heterocycles. The summed E-state index contributed by atoms with van der Waals surface area (Å²) in [5.74, 6) is 2.35. The highest BCUT2D eigenvalue weighted by atomic mass is 127. The van der Waals surface area contributed by atoms with Gasteiger partial charge >= 0.3 is 12.1 Å². The number of unbranched alkanes of at least 4 members (excludes halogenated alkanes) is 1. The summed E-state index contributed by atoms with van der Waals surface area (Å²) in [7, 11) is 0. The largest absolute Gasteiger partial charge is 0.448 e. The van der Waals surface area contributed by atoms with Gasteiger partial charge in [0.1, 0.15) is 0 Å². The van der Waals surface area contributed by atoms with Gasteiger partial charge in [-0.1, -0.05) is 19.3 Å². The molecule has 0 saturated carbocycles. The van der Waals surface area contributed by atoms with Crippen LogP contribution in [0.1, 0.15) is 26.7 Å². The van der Waals surface area contributed by atoms with Gasteiger partial charge in [-0.3, -0.25) is 10.1 Å². The third-order valence-electron chi connectivity index (χ3n) is 1.76. The molecule has 7 nitrogen and oxygen atoms in total. The van der Waals surface area contributed by atoms with Gasteiger partial charge < -0.3 is 10.1 Å². The predicted octanol–water partition coefficient (Wildman–Crippen LogP) is 1.38. The smallest absolute Gasteiger partial charge is 0.430 e. The van der Waals surface area contributed by atoms with Crippen molar-refractivity contribution in [2.45, 2.75) is 26.7 Å². The van der Waals surface area contributed by atoms with Crippen LogP contribution >= 0.6 is 22.9 Å². The first kappa shape index (κ1) is 17.5. The highest BCUT2D eigenvalue weighted by Crippen LogP contribution is 2.01. The van der Waals surface area contributed by atoms with Crippen LogP contribution in [0, 0.1) is 12.0 Å². The van der Waals surface area contributed by atoms with E-state index in [0.717, 1.165) is 12.8 Å². The average molecular weight is 381 g/mol. The standard InChI is InChI=1S/C8H12INO2.C3H4N2O2/c1-3-5-7-12-8(11)10(9)6-4-2;6-2-1-4-3(7)5-2/h3,5,7H2,1-2H3;1H2,(H2,4,5,6,7). The van der Waals surface area contributed by atoms with E-state index in [9.17, 15) is 14.4 Å². The number of halogens is 1. The predicted molar refractivity (Wildman–Crippen MR) is 77.1 cm³/mol. The van der Waals surface area contributed by atoms with Crippen molar-refractivity contribution in [3.8, 4) is 12.0 Å². The Bertz CT molecular complexity index is 375. The number of hydrogen-bond donors (Lipinski definition) is 2. The maximum Gasteiger partial charge on any atom is 0.430 e. The molecule has 0 aliphatic carbocycles. The molecule has 0 radical (unpaired) electrons. The van der Waals surface area contributed by atoms with Gasteiger partial charge in [0.05, 0.1) is 36.0 Å². The first-order valence-corrected chi connectivity index (χ1v) is 6.60. The SMILES string of the molecule is CC#CN(I)C(=O)OCCCC.O=C1CNC(=O)N1. The van der Waals surface area contributed by atoms with Gasteiger partial charge in [0.2, 0.25) is 5.91 Å². The van der Waals surface area contributed by atoms with Crippen LogP contribution in [0.2, 0.25) is 0 Å². The molecule has 0 spiro atoms. The van der Waals surface area contributed by atoms with E-state index >= 15 is 0 Å². The summed E-state index contributed by atoms with van der Waals surface area (Å²) < 4.78 is 6.09. The number of carbonyl (C=O) groups excluding carboxylic acids is 3. The van der Waals surface area contributed by atoms with E-state index in [1.165, 1.54) is 3.11 Å². The zero-order valence-corrected chi connectivity index (χ0v) is 12.9. The quantitative estimate of drug-likeness (QED) is 0.193. The topological polar surface area (TPSA) is 87.7 Å². The van der Waals surface area contributed by atoms with E-state index < -0.39 is 12.1 Å². The van der Waals surface area contributed by atoms with Crippen LogP contribution in [0.15, 0.2) is 0 Å². The Morgan fingerprint density at radius 3 is 2.58 bits per heavy atom. The van der Waals surface area contributed by atoms with E-state index in [1.54, 1.807) is 29.8 Å². The Morgan fingerprint density at radius 2 is 2.21 bits per heavy atom. The number of rotatable bonds is 3. The molecule has 1 saturated heterocycles. The number of carbonyl (C=O) groups is 3. The fourth-order valence-electron chi connectivity index (χ4n) is 0.880. The molecule has 19 heavy (non-hydrogen) atoms.